The SMILES string of the molecule is COCCCOc1cc(CN(C(=O)C2C[C@H](C(=O)NC3(c4ccccc4)CCCC3)CN(C(=O)OC(C)(C)C)C2)C2CC2)cc(OC)c1. The Morgan fingerprint density at radius 2 is 1.62 bits per heavy atom. The number of methoxy groups -OCH3 is 2. The minimum Gasteiger partial charge on any atom is -0.497 e. The molecule has 0 bridgehead atoms. The van der Waals surface area contributed by atoms with E-state index in [1.165, 1.54) is 0 Å². The zero-order valence-electron chi connectivity index (χ0n) is 29.3. The van der Waals surface area contributed by atoms with Crippen molar-refractivity contribution in [2.24, 2.45) is 11.8 Å². The van der Waals surface area contributed by atoms with Crippen LogP contribution in [-0.2, 0) is 31.1 Å². The Hall–Kier alpha value is -3.79. The second kappa shape index (κ2) is 15.6. The summed E-state index contributed by atoms with van der Waals surface area (Å²) in [6, 6.07) is 16.0. The maximum atomic E-state index is 14.5. The van der Waals surface area contributed by atoms with Gasteiger partial charge in [-0.15, -0.1) is 0 Å². The molecule has 3 fully saturated rings. The van der Waals surface area contributed by atoms with Crippen molar-refractivity contribution < 1.29 is 33.3 Å². The van der Waals surface area contributed by atoms with Crippen LogP contribution in [-0.4, -0.2) is 79.9 Å². The topological polar surface area (TPSA) is 107 Å². The zero-order chi connectivity index (χ0) is 34.3. The molecule has 1 N–H and O–H groups in total. The number of likely N-dealkylation sites (tertiary alicyclic amines) is 1. The van der Waals surface area contributed by atoms with Gasteiger partial charge < -0.3 is 34.1 Å². The lowest BCUT2D eigenvalue weighted by Crippen LogP contribution is -2.55. The number of nitrogens with one attached hydrogen (secondary N) is 1. The third-order valence-electron chi connectivity index (χ3n) is 9.53. The molecule has 10 heteroatoms. The van der Waals surface area contributed by atoms with Crippen LogP contribution in [0.3, 0.4) is 0 Å². The third kappa shape index (κ3) is 9.21. The Morgan fingerprint density at radius 3 is 2.27 bits per heavy atom. The Morgan fingerprint density at radius 1 is 0.938 bits per heavy atom. The van der Waals surface area contributed by atoms with Gasteiger partial charge in [0, 0.05) is 51.9 Å². The minimum absolute atomic E-state index is 0.0485. The Balaban J connectivity index is 1.36. The summed E-state index contributed by atoms with van der Waals surface area (Å²) < 4.78 is 22.4. The van der Waals surface area contributed by atoms with Gasteiger partial charge in [0.25, 0.3) is 0 Å². The molecular weight excluding hydrogens is 610 g/mol. The van der Waals surface area contributed by atoms with Crippen molar-refractivity contribution >= 4 is 17.9 Å². The van der Waals surface area contributed by atoms with Gasteiger partial charge in [-0.3, -0.25) is 9.59 Å². The van der Waals surface area contributed by atoms with E-state index in [0.717, 1.165) is 56.1 Å². The van der Waals surface area contributed by atoms with Crippen molar-refractivity contribution in [1.29, 1.82) is 0 Å². The van der Waals surface area contributed by atoms with Crippen molar-refractivity contribution in [3.05, 3.63) is 59.7 Å². The molecule has 0 radical (unpaired) electrons. The summed E-state index contributed by atoms with van der Waals surface area (Å²) in [5.41, 5.74) is 0.852. The number of amides is 3. The first kappa shape index (κ1) is 35.5. The summed E-state index contributed by atoms with van der Waals surface area (Å²) in [7, 11) is 3.28. The van der Waals surface area contributed by atoms with E-state index in [0.29, 0.717) is 37.7 Å². The summed E-state index contributed by atoms with van der Waals surface area (Å²) in [4.78, 5) is 45.5. The summed E-state index contributed by atoms with van der Waals surface area (Å²) in [6.45, 7) is 7.37. The fourth-order valence-corrected chi connectivity index (χ4v) is 7.02. The highest BCUT2D eigenvalue weighted by atomic mass is 16.6. The molecule has 3 amide bonds. The van der Waals surface area contributed by atoms with E-state index in [1.807, 2.05) is 62.1 Å². The largest absolute Gasteiger partial charge is 0.497 e. The Labute approximate surface area is 285 Å². The van der Waals surface area contributed by atoms with Gasteiger partial charge in [0.05, 0.1) is 31.1 Å². The van der Waals surface area contributed by atoms with E-state index in [9.17, 15) is 14.4 Å². The monoisotopic (exact) mass is 663 g/mol. The van der Waals surface area contributed by atoms with E-state index in [2.05, 4.69) is 17.4 Å². The van der Waals surface area contributed by atoms with Crippen molar-refractivity contribution in [2.45, 2.75) is 95.9 Å². The number of piperidine rings is 1. The van der Waals surface area contributed by atoms with E-state index >= 15 is 0 Å². The van der Waals surface area contributed by atoms with Crippen LogP contribution in [0.4, 0.5) is 4.79 Å². The highest BCUT2D eigenvalue weighted by Crippen LogP contribution is 2.40. The molecule has 0 aromatic heterocycles. The summed E-state index contributed by atoms with van der Waals surface area (Å²) >= 11 is 0. The molecule has 5 rings (SSSR count). The Kier molecular flexibility index (Phi) is 11.6. The van der Waals surface area contributed by atoms with Gasteiger partial charge in [-0.1, -0.05) is 43.2 Å². The standard InChI is InChI=1S/C38H53N3O7/c1-37(2,3)48-36(44)40-25-28(34(42)39-38(16-9-10-17-38)30-12-7-6-8-13-30)22-29(26-40)35(43)41(31-14-15-31)24-27-20-32(46-5)23-33(21-27)47-19-11-18-45-4/h6-8,12-13,20-21,23,28-29,31H,9-11,14-19,22,24-26H2,1-5H3,(H,39,42)/t28-,29?/m0/s1. The smallest absolute Gasteiger partial charge is 0.410 e. The van der Waals surface area contributed by atoms with Crippen LogP contribution < -0.4 is 14.8 Å². The third-order valence-corrected chi connectivity index (χ3v) is 9.53. The average molecular weight is 664 g/mol. The van der Waals surface area contributed by atoms with Crippen LogP contribution in [0, 0.1) is 11.8 Å². The molecule has 0 spiro atoms. The van der Waals surface area contributed by atoms with E-state index in [1.54, 1.807) is 19.1 Å². The lowest BCUT2D eigenvalue weighted by atomic mass is 9.84. The lowest BCUT2D eigenvalue weighted by Gasteiger charge is -2.40. The van der Waals surface area contributed by atoms with Crippen molar-refractivity contribution in [3.63, 3.8) is 0 Å². The molecule has 1 saturated heterocycles. The first-order chi connectivity index (χ1) is 23.0. The second-order valence-corrected chi connectivity index (χ2v) is 14.6. The van der Waals surface area contributed by atoms with Gasteiger partial charge in [0.1, 0.15) is 17.1 Å². The molecule has 262 valence electrons. The summed E-state index contributed by atoms with van der Waals surface area (Å²) in [5, 5.41) is 3.42. The normalized spacial score (nSPS) is 20.6. The van der Waals surface area contributed by atoms with Gasteiger partial charge in [-0.05, 0) is 76.1 Å². The predicted octanol–water partition coefficient (Wildman–Crippen LogP) is 6.06. The fourth-order valence-electron chi connectivity index (χ4n) is 7.02. The second-order valence-electron chi connectivity index (χ2n) is 14.6. The van der Waals surface area contributed by atoms with Gasteiger partial charge in [-0.2, -0.15) is 0 Å². The molecule has 2 saturated carbocycles. The average Bonchev–Trinajstić information content (AvgIpc) is 3.81. The molecule has 1 heterocycles. The predicted molar refractivity (Wildman–Crippen MR) is 183 cm³/mol. The zero-order valence-corrected chi connectivity index (χ0v) is 29.3. The fraction of sp³-hybridized carbons (Fsp3) is 0.605. The number of ether oxygens (including phenoxy) is 4. The molecule has 10 nitrogen and oxygen atoms in total. The maximum Gasteiger partial charge on any atom is 0.410 e. The van der Waals surface area contributed by atoms with Crippen molar-refractivity contribution in [1.82, 2.24) is 15.1 Å². The molecule has 1 unspecified atom stereocenters. The highest BCUT2D eigenvalue weighted by molar-refractivity contribution is 5.85. The first-order valence-corrected chi connectivity index (χ1v) is 17.5. The minimum atomic E-state index is -0.706. The molecule has 2 atom stereocenters. The number of carbonyl (C=O) groups excluding carboxylic acids is 3. The molecule has 2 aliphatic carbocycles. The van der Waals surface area contributed by atoms with Crippen LogP contribution in [0.1, 0.15) is 83.3 Å². The van der Waals surface area contributed by atoms with E-state index < -0.39 is 29.1 Å². The van der Waals surface area contributed by atoms with Crippen LogP contribution in [0.15, 0.2) is 48.5 Å². The summed E-state index contributed by atoms with van der Waals surface area (Å²) in [5.74, 6) is 0.0663. The van der Waals surface area contributed by atoms with E-state index in [4.69, 9.17) is 18.9 Å². The number of benzene rings is 2. The van der Waals surface area contributed by atoms with Crippen molar-refractivity contribution in [3.8, 4) is 11.5 Å². The van der Waals surface area contributed by atoms with E-state index in [-0.39, 0.29) is 30.9 Å². The van der Waals surface area contributed by atoms with Crippen LogP contribution >= 0.6 is 0 Å². The molecule has 2 aromatic rings. The maximum absolute atomic E-state index is 14.5. The molecule has 48 heavy (non-hydrogen) atoms. The van der Waals surface area contributed by atoms with Gasteiger partial charge >= 0.3 is 6.09 Å². The molecular formula is C38H53N3O7. The van der Waals surface area contributed by atoms with Crippen LogP contribution in [0.5, 0.6) is 11.5 Å². The number of rotatable bonds is 13. The number of carbonyl (C=O) groups is 3. The summed E-state index contributed by atoms with van der Waals surface area (Å²) in [6.07, 6.45) is 6.25. The lowest BCUT2D eigenvalue weighted by molar-refractivity contribution is -0.141. The number of nitrogens with zero attached hydrogens (tertiary/aromatic N) is 2. The van der Waals surface area contributed by atoms with Gasteiger partial charge in [0.15, 0.2) is 0 Å². The number of hydrogen-bond donors (Lipinski definition) is 1. The quantitative estimate of drug-likeness (QED) is 0.260. The molecule has 1 aliphatic heterocycles. The van der Waals surface area contributed by atoms with Crippen LogP contribution in [0.25, 0.3) is 0 Å². The van der Waals surface area contributed by atoms with Gasteiger partial charge in [-0.25, -0.2) is 4.79 Å². The van der Waals surface area contributed by atoms with Crippen molar-refractivity contribution in [2.75, 3.05) is 40.5 Å². The molecule has 2 aromatic carbocycles. The highest BCUT2D eigenvalue weighted by Gasteiger charge is 2.45. The first-order valence-electron chi connectivity index (χ1n) is 17.5. The van der Waals surface area contributed by atoms with Gasteiger partial charge in [0.2, 0.25) is 11.8 Å². The Bertz CT molecular complexity index is 1400. The molecule has 3 aliphatic rings. The van der Waals surface area contributed by atoms with Crippen LogP contribution in [0.2, 0.25) is 0 Å². The number of hydrogen-bond acceptors (Lipinski definition) is 7.